The molecule has 0 radical (unpaired) electrons. The van der Waals surface area contributed by atoms with Crippen LogP contribution in [-0.4, -0.2) is 23.3 Å². The number of benzene rings is 1. The lowest BCUT2D eigenvalue weighted by molar-refractivity contribution is -0.116. The lowest BCUT2D eigenvalue weighted by atomic mass is 9.75. The quantitative estimate of drug-likeness (QED) is 0.754. The molecule has 0 saturated heterocycles. The van der Waals surface area contributed by atoms with Crippen molar-refractivity contribution in [1.29, 1.82) is 0 Å². The van der Waals surface area contributed by atoms with Gasteiger partial charge in [-0.1, -0.05) is 18.2 Å². The smallest absolute Gasteiger partial charge is 0.255 e. The van der Waals surface area contributed by atoms with E-state index >= 15 is 0 Å². The van der Waals surface area contributed by atoms with Gasteiger partial charge in [-0.15, -0.1) is 0 Å². The minimum Gasteiger partial charge on any atom is -0.494 e. The van der Waals surface area contributed by atoms with Crippen LogP contribution in [0, 0.1) is 6.92 Å². The molecule has 6 nitrogen and oxygen atoms in total. The van der Waals surface area contributed by atoms with Crippen molar-refractivity contribution in [3.05, 3.63) is 76.3 Å². The van der Waals surface area contributed by atoms with Gasteiger partial charge >= 0.3 is 0 Å². The number of amides is 1. The van der Waals surface area contributed by atoms with Crippen LogP contribution < -0.4 is 15.4 Å². The van der Waals surface area contributed by atoms with Gasteiger partial charge in [0.25, 0.3) is 5.91 Å². The highest BCUT2D eigenvalue weighted by molar-refractivity contribution is 6.09. The number of dihydropyridines is 1. The van der Waals surface area contributed by atoms with Crippen LogP contribution in [0.3, 0.4) is 0 Å². The van der Waals surface area contributed by atoms with Crippen molar-refractivity contribution < 1.29 is 14.3 Å². The number of Topliss-reactive ketones (excluding diaryl/α,β-unsaturated/α-hetero) is 1. The number of nitrogens with one attached hydrogen (secondary N) is 2. The van der Waals surface area contributed by atoms with Crippen molar-refractivity contribution in [2.24, 2.45) is 0 Å². The van der Waals surface area contributed by atoms with Gasteiger partial charge in [0, 0.05) is 41.1 Å². The summed E-state index contributed by atoms with van der Waals surface area (Å²) in [6.45, 7) is 6.35. The molecule has 0 unspecified atom stereocenters. The monoisotopic (exact) mass is 417 g/mol. The maximum atomic E-state index is 13.4. The number of pyridine rings is 1. The SMILES string of the molecule is CCOc1ccc([C@H]2C(C(=O)Nc3ccc(C)cn3)=C(C)NC3=C2C(=O)CCC3)cc1. The molecule has 0 spiro atoms. The fourth-order valence-electron chi connectivity index (χ4n) is 4.27. The topological polar surface area (TPSA) is 80.3 Å². The molecule has 0 fully saturated rings. The molecular formula is C25H27N3O3. The Labute approximate surface area is 182 Å². The number of anilines is 1. The molecule has 1 atom stereocenters. The third kappa shape index (κ3) is 4.24. The molecule has 2 aliphatic rings. The molecule has 31 heavy (non-hydrogen) atoms. The fraction of sp³-hybridized carbons (Fsp3) is 0.320. The van der Waals surface area contributed by atoms with Crippen LogP contribution in [0.1, 0.15) is 50.2 Å². The number of hydrogen-bond acceptors (Lipinski definition) is 5. The number of ether oxygens (including phenoxy) is 1. The Morgan fingerprint density at radius 2 is 1.94 bits per heavy atom. The summed E-state index contributed by atoms with van der Waals surface area (Å²) in [6.07, 6.45) is 3.84. The van der Waals surface area contributed by atoms with Crippen LogP contribution in [0.2, 0.25) is 0 Å². The maximum Gasteiger partial charge on any atom is 0.255 e. The Hall–Kier alpha value is -3.41. The first-order valence-corrected chi connectivity index (χ1v) is 10.7. The number of aryl methyl sites for hydroxylation is 1. The Kier molecular flexibility index (Phi) is 5.89. The first-order valence-electron chi connectivity index (χ1n) is 10.7. The minimum absolute atomic E-state index is 0.0962. The number of carbonyl (C=O) groups is 2. The second-order valence-corrected chi connectivity index (χ2v) is 7.94. The lowest BCUT2D eigenvalue weighted by Gasteiger charge is -2.34. The van der Waals surface area contributed by atoms with Crippen LogP contribution in [0.15, 0.2) is 65.1 Å². The van der Waals surface area contributed by atoms with E-state index in [0.717, 1.165) is 41.1 Å². The highest BCUT2D eigenvalue weighted by Crippen LogP contribution is 2.42. The molecule has 2 N–H and O–H groups in total. The number of hydrogen-bond donors (Lipinski definition) is 2. The van der Waals surface area contributed by atoms with Gasteiger partial charge in [0.05, 0.1) is 6.61 Å². The standard InChI is InChI=1S/C25H27N3O3/c1-4-31-18-11-9-17(10-12-18)23-22(25(30)28-21-13-8-15(2)14-26-21)16(3)27-19-6-5-7-20(29)24(19)23/h8-14,23,27H,4-7H2,1-3H3,(H,26,28,30)/t23-/m0/s1. The third-order valence-electron chi connectivity index (χ3n) is 5.70. The molecule has 1 aliphatic heterocycles. The first kappa shape index (κ1) is 20.8. The van der Waals surface area contributed by atoms with Crippen LogP contribution in [0.5, 0.6) is 5.75 Å². The predicted molar refractivity (Wildman–Crippen MR) is 120 cm³/mol. The molecule has 1 aromatic heterocycles. The molecular weight excluding hydrogens is 390 g/mol. The fourth-order valence-corrected chi connectivity index (χ4v) is 4.27. The Bertz CT molecular complexity index is 1070. The van der Waals surface area contributed by atoms with Gasteiger partial charge in [-0.05, 0) is 62.9 Å². The summed E-state index contributed by atoms with van der Waals surface area (Å²) >= 11 is 0. The van der Waals surface area contributed by atoms with Crippen LogP contribution in [0.4, 0.5) is 5.82 Å². The average Bonchev–Trinajstić information content (AvgIpc) is 2.75. The van der Waals surface area contributed by atoms with Gasteiger partial charge < -0.3 is 15.4 Å². The Morgan fingerprint density at radius 3 is 2.61 bits per heavy atom. The van der Waals surface area contributed by atoms with Crippen LogP contribution >= 0.6 is 0 Å². The second kappa shape index (κ2) is 8.76. The second-order valence-electron chi connectivity index (χ2n) is 7.94. The first-order chi connectivity index (χ1) is 15.0. The van der Waals surface area contributed by atoms with Crippen molar-refractivity contribution >= 4 is 17.5 Å². The maximum absolute atomic E-state index is 13.4. The summed E-state index contributed by atoms with van der Waals surface area (Å²) in [4.78, 5) is 30.6. The molecule has 2 aromatic rings. The average molecular weight is 418 g/mol. The van der Waals surface area contributed by atoms with E-state index < -0.39 is 5.92 Å². The molecule has 2 heterocycles. The number of rotatable bonds is 5. The summed E-state index contributed by atoms with van der Waals surface area (Å²) in [6, 6.07) is 11.3. The van der Waals surface area contributed by atoms with Crippen molar-refractivity contribution in [3.8, 4) is 5.75 Å². The van der Waals surface area contributed by atoms with Gasteiger partial charge in [-0.3, -0.25) is 9.59 Å². The van der Waals surface area contributed by atoms with Gasteiger partial charge in [-0.25, -0.2) is 4.98 Å². The molecule has 1 aromatic carbocycles. The number of aromatic nitrogens is 1. The summed E-state index contributed by atoms with van der Waals surface area (Å²) in [7, 11) is 0. The van der Waals surface area contributed by atoms with Gasteiger partial charge in [-0.2, -0.15) is 0 Å². The van der Waals surface area contributed by atoms with Crippen molar-refractivity contribution in [1.82, 2.24) is 10.3 Å². The predicted octanol–water partition coefficient (Wildman–Crippen LogP) is 4.40. The van der Waals surface area contributed by atoms with Crippen molar-refractivity contribution in [2.75, 3.05) is 11.9 Å². The van der Waals surface area contributed by atoms with Crippen LogP contribution in [0.25, 0.3) is 0 Å². The van der Waals surface area contributed by atoms with E-state index in [-0.39, 0.29) is 11.7 Å². The zero-order valence-electron chi connectivity index (χ0n) is 18.1. The zero-order chi connectivity index (χ0) is 22.0. The van der Waals surface area contributed by atoms with E-state index in [1.165, 1.54) is 0 Å². The lowest BCUT2D eigenvalue weighted by Crippen LogP contribution is -2.35. The van der Waals surface area contributed by atoms with E-state index in [4.69, 9.17) is 4.74 Å². The van der Waals surface area contributed by atoms with E-state index in [0.29, 0.717) is 30.0 Å². The largest absolute Gasteiger partial charge is 0.494 e. The summed E-state index contributed by atoms with van der Waals surface area (Å²) in [5.74, 6) is 0.658. The third-order valence-corrected chi connectivity index (χ3v) is 5.70. The summed E-state index contributed by atoms with van der Waals surface area (Å²) in [5.41, 5.74) is 4.84. The van der Waals surface area contributed by atoms with E-state index in [1.807, 2.05) is 51.1 Å². The molecule has 1 aliphatic carbocycles. The minimum atomic E-state index is -0.426. The van der Waals surface area contributed by atoms with E-state index in [1.54, 1.807) is 12.3 Å². The Balaban J connectivity index is 1.74. The Morgan fingerprint density at radius 1 is 1.16 bits per heavy atom. The number of carbonyl (C=O) groups excluding carboxylic acids is 2. The van der Waals surface area contributed by atoms with E-state index in [2.05, 4.69) is 15.6 Å². The van der Waals surface area contributed by atoms with Gasteiger partial charge in [0.2, 0.25) is 0 Å². The number of ketones is 1. The van der Waals surface area contributed by atoms with Crippen molar-refractivity contribution in [2.45, 2.75) is 46.0 Å². The zero-order valence-corrected chi connectivity index (χ0v) is 18.1. The molecule has 0 saturated carbocycles. The number of nitrogens with zero attached hydrogens (tertiary/aromatic N) is 1. The summed E-state index contributed by atoms with van der Waals surface area (Å²) < 4.78 is 5.57. The highest BCUT2D eigenvalue weighted by atomic mass is 16.5. The highest BCUT2D eigenvalue weighted by Gasteiger charge is 2.38. The normalized spacial score (nSPS) is 18.4. The summed E-state index contributed by atoms with van der Waals surface area (Å²) in [5, 5.41) is 6.24. The molecule has 4 rings (SSSR count). The number of allylic oxidation sites excluding steroid dienone is 3. The van der Waals surface area contributed by atoms with E-state index in [9.17, 15) is 9.59 Å². The van der Waals surface area contributed by atoms with Crippen LogP contribution in [-0.2, 0) is 9.59 Å². The van der Waals surface area contributed by atoms with Crippen molar-refractivity contribution in [3.63, 3.8) is 0 Å². The van der Waals surface area contributed by atoms with Gasteiger partial charge in [0.1, 0.15) is 11.6 Å². The molecule has 160 valence electrons. The molecule has 6 heteroatoms. The molecule has 1 amide bonds. The van der Waals surface area contributed by atoms with Gasteiger partial charge in [0.15, 0.2) is 5.78 Å². The molecule has 0 bridgehead atoms.